The minimum Gasteiger partial charge on any atom is -0.497 e. The smallest absolute Gasteiger partial charge is 0.406 e. The molecule has 0 aliphatic heterocycles. The van der Waals surface area contributed by atoms with Crippen molar-refractivity contribution in [2.75, 3.05) is 13.7 Å². The maximum absolute atomic E-state index is 12.7. The number of carbonyl (C=O) groups excluding carboxylic acids is 1. The minimum atomic E-state index is -4.41. The summed E-state index contributed by atoms with van der Waals surface area (Å²) >= 11 is 0. The summed E-state index contributed by atoms with van der Waals surface area (Å²) in [7, 11) is 1.54. The van der Waals surface area contributed by atoms with Crippen LogP contribution in [0.2, 0.25) is 0 Å². The molecule has 0 unspecified atom stereocenters. The second kappa shape index (κ2) is 5.72. The number of nitrogens with zero attached hydrogens (tertiary/aromatic N) is 2. The third-order valence-corrected chi connectivity index (χ3v) is 3.71. The molecule has 7 heteroatoms. The van der Waals surface area contributed by atoms with Gasteiger partial charge in [-0.1, -0.05) is 6.07 Å². The van der Waals surface area contributed by atoms with Crippen LogP contribution in [0.25, 0.3) is 10.9 Å². The topological polar surface area (TPSA) is 42.4 Å². The van der Waals surface area contributed by atoms with Crippen molar-refractivity contribution in [3.8, 4) is 5.75 Å². The van der Waals surface area contributed by atoms with Gasteiger partial charge in [-0.05, 0) is 37.1 Å². The van der Waals surface area contributed by atoms with Gasteiger partial charge in [0.2, 0.25) is 0 Å². The highest BCUT2D eigenvalue weighted by atomic mass is 19.4. The molecule has 1 heterocycles. The molecule has 1 aliphatic carbocycles. The molecule has 4 nitrogen and oxygen atoms in total. The summed E-state index contributed by atoms with van der Waals surface area (Å²) in [6, 6.07) is 7.91. The zero-order valence-corrected chi connectivity index (χ0v) is 12.4. The van der Waals surface area contributed by atoms with Crippen LogP contribution in [0.1, 0.15) is 23.3 Å². The molecule has 1 fully saturated rings. The summed E-state index contributed by atoms with van der Waals surface area (Å²) in [5, 5.41) is 0.759. The number of carbonyl (C=O) groups is 1. The number of methoxy groups -OCH3 is 1. The number of hydrogen-bond donors (Lipinski definition) is 0. The van der Waals surface area contributed by atoms with Gasteiger partial charge in [0.1, 0.15) is 18.0 Å². The maximum atomic E-state index is 12.7. The standard InChI is InChI=1S/C16H15F3N2O2/c1-23-12-5-7-13-10(8-12)2-6-14(20-13)15(22)21(11-3-4-11)9-16(17,18)19/h2,5-8,11H,3-4,9H2,1H3. The van der Waals surface area contributed by atoms with Crippen molar-refractivity contribution in [3.63, 3.8) is 0 Å². The molecule has 0 bridgehead atoms. The third kappa shape index (κ3) is 3.55. The zero-order chi connectivity index (χ0) is 16.6. The summed E-state index contributed by atoms with van der Waals surface area (Å²) in [6.07, 6.45) is -3.21. The number of aromatic nitrogens is 1. The number of ether oxygens (including phenoxy) is 1. The van der Waals surface area contributed by atoms with E-state index in [1.165, 1.54) is 13.2 Å². The van der Waals surface area contributed by atoms with E-state index in [9.17, 15) is 18.0 Å². The van der Waals surface area contributed by atoms with Crippen LogP contribution in [0.3, 0.4) is 0 Å². The predicted molar refractivity (Wildman–Crippen MR) is 78.4 cm³/mol. The van der Waals surface area contributed by atoms with E-state index in [0.717, 1.165) is 10.3 Å². The fraction of sp³-hybridized carbons (Fsp3) is 0.375. The highest BCUT2D eigenvalue weighted by Crippen LogP contribution is 2.31. The Kier molecular flexibility index (Phi) is 3.87. The first-order chi connectivity index (χ1) is 10.9. The molecule has 1 aromatic carbocycles. The van der Waals surface area contributed by atoms with Crippen LogP contribution >= 0.6 is 0 Å². The summed E-state index contributed by atoms with van der Waals surface area (Å²) in [5.41, 5.74) is 0.568. The van der Waals surface area contributed by atoms with Gasteiger partial charge < -0.3 is 9.64 Å². The summed E-state index contributed by atoms with van der Waals surface area (Å²) < 4.78 is 43.1. The van der Waals surface area contributed by atoms with E-state index in [2.05, 4.69) is 4.98 Å². The van der Waals surface area contributed by atoms with Gasteiger partial charge in [0, 0.05) is 11.4 Å². The van der Waals surface area contributed by atoms with Gasteiger partial charge in [-0.15, -0.1) is 0 Å². The van der Waals surface area contributed by atoms with Crippen LogP contribution in [0.4, 0.5) is 13.2 Å². The van der Waals surface area contributed by atoms with Crippen LogP contribution in [0, 0.1) is 0 Å². The van der Waals surface area contributed by atoms with E-state index in [1.807, 2.05) is 0 Å². The molecule has 1 aliphatic rings. The second-order valence-electron chi connectivity index (χ2n) is 5.53. The van der Waals surface area contributed by atoms with Crippen LogP contribution in [0.5, 0.6) is 5.75 Å². The van der Waals surface area contributed by atoms with Crippen molar-refractivity contribution < 1.29 is 22.7 Å². The lowest BCUT2D eigenvalue weighted by Crippen LogP contribution is -2.40. The van der Waals surface area contributed by atoms with Crippen molar-refractivity contribution in [3.05, 3.63) is 36.0 Å². The average Bonchev–Trinajstić information content (AvgIpc) is 3.34. The molecular formula is C16H15F3N2O2. The quantitative estimate of drug-likeness (QED) is 0.865. The molecule has 0 spiro atoms. The molecular weight excluding hydrogens is 309 g/mol. The molecule has 2 aromatic rings. The van der Waals surface area contributed by atoms with Gasteiger partial charge in [-0.2, -0.15) is 13.2 Å². The summed E-state index contributed by atoms with van der Waals surface area (Å²) in [4.78, 5) is 17.5. The number of amides is 1. The SMILES string of the molecule is COc1ccc2nc(C(=O)N(CC(F)(F)F)C3CC3)ccc2c1. The third-order valence-electron chi connectivity index (χ3n) is 3.71. The first-order valence-corrected chi connectivity index (χ1v) is 7.20. The Balaban J connectivity index is 1.90. The molecule has 3 rings (SSSR count). The van der Waals surface area contributed by atoms with Crippen LogP contribution in [-0.4, -0.2) is 41.7 Å². The van der Waals surface area contributed by atoms with Gasteiger partial charge in [0.05, 0.1) is 12.6 Å². The number of pyridine rings is 1. The summed E-state index contributed by atoms with van der Waals surface area (Å²) in [5.74, 6) is -0.0300. The van der Waals surface area contributed by atoms with E-state index in [1.54, 1.807) is 24.3 Å². The van der Waals surface area contributed by atoms with Gasteiger partial charge in [-0.3, -0.25) is 4.79 Å². The van der Waals surface area contributed by atoms with Crippen LogP contribution < -0.4 is 4.74 Å². The van der Waals surface area contributed by atoms with Gasteiger partial charge in [0.15, 0.2) is 0 Å². The number of halogens is 3. The first-order valence-electron chi connectivity index (χ1n) is 7.20. The fourth-order valence-corrected chi connectivity index (χ4v) is 2.44. The maximum Gasteiger partial charge on any atom is 0.406 e. The van der Waals surface area contributed by atoms with E-state index in [4.69, 9.17) is 4.74 Å². The van der Waals surface area contributed by atoms with Crippen molar-refractivity contribution >= 4 is 16.8 Å². The number of benzene rings is 1. The highest BCUT2D eigenvalue weighted by Gasteiger charge is 2.41. The van der Waals surface area contributed by atoms with E-state index in [0.29, 0.717) is 24.1 Å². The van der Waals surface area contributed by atoms with E-state index in [-0.39, 0.29) is 11.7 Å². The summed E-state index contributed by atoms with van der Waals surface area (Å²) in [6.45, 7) is -1.24. The van der Waals surface area contributed by atoms with Crippen LogP contribution in [0.15, 0.2) is 30.3 Å². The monoisotopic (exact) mass is 324 g/mol. The number of rotatable bonds is 4. The molecule has 1 amide bonds. The van der Waals surface area contributed by atoms with Crippen molar-refractivity contribution in [2.24, 2.45) is 0 Å². The van der Waals surface area contributed by atoms with Crippen LogP contribution in [-0.2, 0) is 0 Å². The van der Waals surface area contributed by atoms with Gasteiger partial charge in [0.25, 0.3) is 5.91 Å². The second-order valence-corrected chi connectivity index (χ2v) is 5.53. The molecule has 0 radical (unpaired) electrons. The Morgan fingerprint density at radius 3 is 2.65 bits per heavy atom. The molecule has 23 heavy (non-hydrogen) atoms. The lowest BCUT2D eigenvalue weighted by Gasteiger charge is -2.23. The molecule has 122 valence electrons. The minimum absolute atomic E-state index is 0.0267. The molecule has 0 saturated heterocycles. The Morgan fingerprint density at radius 1 is 1.30 bits per heavy atom. The Bertz CT molecular complexity index is 742. The number of alkyl halides is 3. The molecule has 1 aromatic heterocycles. The average molecular weight is 324 g/mol. The molecule has 1 saturated carbocycles. The predicted octanol–water partition coefficient (Wildman–Crippen LogP) is 3.41. The zero-order valence-electron chi connectivity index (χ0n) is 12.4. The normalized spacial score (nSPS) is 14.8. The Morgan fingerprint density at radius 2 is 2.04 bits per heavy atom. The van der Waals surface area contributed by atoms with Crippen molar-refractivity contribution in [1.29, 1.82) is 0 Å². The lowest BCUT2D eigenvalue weighted by molar-refractivity contribution is -0.141. The highest BCUT2D eigenvalue weighted by molar-refractivity contribution is 5.95. The first kappa shape index (κ1) is 15.6. The van der Waals surface area contributed by atoms with E-state index < -0.39 is 18.6 Å². The van der Waals surface area contributed by atoms with Crippen molar-refractivity contribution in [1.82, 2.24) is 9.88 Å². The molecule has 0 N–H and O–H groups in total. The van der Waals surface area contributed by atoms with Gasteiger partial charge in [-0.25, -0.2) is 4.98 Å². The largest absolute Gasteiger partial charge is 0.497 e. The van der Waals surface area contributed by atoms with Gasteiger partial charge >= 0.3 is 6.18 Å². The number of hydrogen-bond acceptors (Lipinski definition) is 3. The Hall–Kier alpha value is -2.31. The molecule has 0 atom stereocenters. The Labute approximate surface area is 130 Å². The van der Waals surface area contributed by atoms with Crippen molar-refractivity contribution in [2.45, 2.75) is 25.1 Å². The fourth-order valence-electron chi connectivity index (χ4n) is 2.44. The number of fused-ring (bicyclic) bond motifs is 1. The lowest BCUT2D eigenvalue weighted by atomic mass is 10.2. The van der Waals surface area contributed by atoms with E-state index >= 15 is 0 Å².